The highest BCUT2D eigenvalue weighted by molar-refractivity contribution is 6.31. The van der Waals surface area contributed by atoms with Gasteiger partial charge in [-0.1, -0.05) is 54.1 Å². The zero-order chi connectivity index (χ0) is 23.1. The summed E-state index contributed by atoms with van der Waals surface area (Å²) >= 11 is 6.12. The van der Waals surface area contributed by atoms with E-state index in [1.54, 1.807) is 61.7 Å². The standard InChI is InChI=1S/C26H20ClNO5/c1-32-18-10-7-16(8-11-18)23-22-24(30)19-13-17(27)9-12-21(19)33-25(22)26(31)28(23)14-20(29)15-5-3-2-4-6-15/h2-13,20,23,29H,14H2,1H3/t20-,23-/m0/s1. The van der Waals surface area contributed by atoms with E-state index in [1.165, 1.54) is 4.90 Å². The number of nitrogens with zero attached hydrogens (tertiary/aromatic N) is 1. The summed E-state index contributed by atoms with van der Waals surface area (Å²) < 4.78 is 11.2. The van der Waals surface area contributed by atoms with Crippen molar-refractivity contribution < 1.29 is 19.1 Å². The third-order valence-corrected chi connectivity index (χ3v) is 6.15. The number of hydrogen-bond donors (Lipinski definition) is 1. The van der Waals surface area contributed by atoms with Gasteiger partial charge in [0.2, 0.25) is 5.76 Å². The van der Waals surface area contributed by atoms with Crippen LogP contribution in [0.2, 0.25) is 5.02 Å². The number of carbonyl (C=O) groups excluding carboxylic acids is 1. The number of methoxy groups -OCH3 is 1. The van der Waals surface area contributed by atoms with Gasteiger partial charge >= 0.3 is 0 Å². The molecule has 3 aromatic carbocycles. The van der Waals surface area contributed by atoms with Crippen molar-refractivity contribution >= 4 is 28.5 Å². The van der Waals surface area contributed by atoms with Crippen molar-refractivity contribution in [2.75, 3.05) is 13.7 Å². The molecule has 7 heteroatoms. The quantitative estimate of drug-likeness (QED) is 0.464. The van der Waals surface area contributed by atoms with Gasteiger partial charge in [0, 0.05) is 5.02 Å². The number of amides is 1. The van der Waals surface area contributed by atoms with E-state index in [0.717, 1.165) is 0 Å². The smallest absolute Gasteiger partial charge is 0.291 e. The Morgan fingerprint density at radius 2 is 1.79 bits per heavy atom. The number of aliphatic hydroxyl groups is 1. The molecule has 1 amide bonds. The van der Waals surface area contributed by atoms with Gasteiger partial charge in [0.1, 0.15) is 11.3 Å². The summed E-state index contributed by atoms with van der Waals surface area (Å²) in [6.07, 6.45) is -0.941. The van der Waals surface area contributed by atoms with Crippen molar-refractivity contribution in [1.82, 2.24) is 4.90 Å². The molecule has 0 spiro atoms. The highest BCUT2D eigenvalue weighted by Gasteiger charge is 2.43. The molecular weight excluding hydrogens is 442 g/mol. The van der Waals surface area contributed by atoms with Gasteiger partial charge in [0.25, 0.3) is 5.91 Å². The summed E-state index contributed by atoms with van der Waals surface area (Å²) in [7, 11) is 1.57. The van der Waals surface area contributed by atoms with E-state index in [1.807, 2.05) is 18.2 Å². The molecular formula is C26H20ClNO5. The normalized spacial score (nSPS) is 16.2. The average molecular weight is 462 g/mol. The summed E-state index contributed by atoms with van der Waals surface area (Å²) in [5.74, 6) is 0.183. The topological polar surface area (TPSA) is 80.0 Å². The van der Waals surface area contributed by atoms with Crippen molar-refractivity contribution in [1.29, 1.82) is 0 Å². The minimum absolute atomic E-state index is 0.0136. The summed E-state index contributed by atoms with van der Waals surface area (Å²) in [6.45, 7) is -0.0136. The number of rotatable bonds is 5. The fraction of sp³-hybridized carbons (Fsp3) is 0.154. The molecule has 5 rings (SSSR count). The van der Waals surface area contributed by atoms with Gasteiger partial charge in [-0.25, -0.2) is 0 Å². The van der Waals surface area contributed by atoms with Gasteiger partial charge in [-0.3, -0.25) is 9.59 Å². The summed E-state index contributed by atoms with van der Waals surface area (Å²) in [4.78, 5) is 28.5. The van der Waals surface area contributed by atoms with Crippen LogP contribution in [-0.2, 0) is 0 Å². The van der Waals surface area contributed by atoms with Gasteiger partial charge < -0.3 is 19.2 Å². The molecule has 2 heterocycles. The van der Waals surface area contributed by atoms with E-state index in [2.05, 4.69) is 0 Å². The van der Waals surface area contributed by atoms with E-state index in [4.69, 9.17) is 20.8 Å². The Balaban J connectivity index is 1.67. The summed E-state index contributed by atoms with van der Waals surface area (Å²) in [6, 6.07) is 20.2. The third kappa shape index (κ3) is 3.67. The largest absolute Gasteiger partial charge is 0.497 e. The molecule has 6 nitrogen and oxygen atoms in total. The van der Waals surface area contributed by atoms with Crippen molar-refractivity contribution in [3.63, 3.8) is 0 Å². The van der Waals surface area contributed by atoms with E-state index >= 15 is 0 Å². The maximum Gasteiger partial charge on any atom is 0.291 e. The van der Waals surface area contributed by atoms with Crippen LogP contribution < -0.4 is 10.2 Å². The minimum Gasteiger partial charge on any atom is -0.497 e. The van der Waals surface area contributed by atoms with E-state index in [9.17, 15) is 14.7 Å². The molecule has 166 valence electrons. The number of carbonyl (C=O) groups is 1. The molecule has 4 aromatic rings. The lowest BCUT2D eigenvalue weighted by Gasteiger charge is -2.27. The second-order valence-electron chi connectivity index (χ2n) is 7.87. The fourth-order valence-corrected chi connectivity index (χ4v) is 4.45. The molecule has 2 atom stereocenters. The minimum atomic E-state index is -0.941. The molecule has 1 aliphatic heterocycles. The molecule has 1 aliphatic rings. The monoisotopic (exact) mass is 461 g/mol. The molecule has 0 radical (unpaired) electrons. The lowest BCUT2D eigenvalue weighted by atomic mass is 9.98. The first-order chi connectivity index (χ1) is 16.0. The second kappa shape index (κ2) is 8.39. The van der Waals surface area contributed by atoms with Crippen molar-refractivity contribution in [2.45, 2.75) is 12.1 Å². The van der Waals surface area contributed by atoms with Crippen LogP contribution in [0, 0.1) is 0 Å². The van der Waals surface area contributed by atoms with E-state index in [-0.39, 0.29) is 28.9 Å². The van der Waals surface area contributed by atoms with Gasteiger partial charge in [0.05, 0.1) is 36.8 Å². The number of halogens is 1. The SMILES string of the molecule is COc1ccc([C@H]2c3c(oc4ccc(Cl)cc4c3=O)C(=O)N2C[C@H](O)c2ccccc2)cc1. The van der Waals surface area contributed by atoms with Gasteiger partial charge in [-0.2, -0.15) is 0 Å². The van der Waals surface area contributed by atoms with Crippen molar-refractivity contribution in [3.05, 3.63) is 110 Å². The Bertz CT molecular complexity index is 1400. The van der Waals surface area contributed by atoms with Crippen LogP contribution in [0.1, 0.15) is 39.4 Å². The van der Waals surface area contributed by atoms with Crippen LogP contribution in [0.5, 0.6) is 5.75 Å². The molecule has 0 fully saturated rings. The predicted molar refractivity (Wildman–Crippen MR) is 125 cm³/mol. The third-order valence-electron chi connectivity index (χ3n) is 5.91. The fourth-order valence-electron chi connectivity index (χ4n) is 4.28. The van der Waals surface area contributed by atoms with Gasteiger partial charge in [-0.05, 0) is 41.5 Å². The molecule has 0 saturated heterocycles. The van der Waals surface area contributed by atoms with Crippen molar-refractivity contribution in [3.8, 4) is 5.75 Å². The van der Waals surface area contributed by atoms with Gasteiger partial charge in [-0.15, -0.1) is 0 Å². The van der Waals surface area contributed by atoms with E-state index < -0.39 is 18.1 Å². The van der Waals surface area contributed by atoms with Gasteiger partial charge in [0.15, 0.2) is 5.43 Å². The summed E-state index contributed by atoms with van der Waals surface area (Å²) in [5.41, 5.74) is 1.58. The second-order valence-corrected chi connectivity index (χ2v) is 8.31. The Morgan fingerprint density at radius 1 is 1.06 bits per heavy atom. The molecule has 1 N–H and O–H groups in total. The number of aliphatic hydroxyl groups excluding tert-OH is 1. The molecule has 33 heavy (non-hydrogen) atoms. The van der Waals surface area contributed by atoms with Crippen LogP contribution in [0.15, 0.2) is 82.0 Å². The lowest BCUT2D eigenvalue weighted by Crippen LogP contribution is -2.33. The zero-order valence-corrected chi connectivity index (χ0v) is 18.5. The summed E-state index contributed by atoms with van der Waals surface area (Å²) in [5, 5.41) is 11.6. The molecule has 1 aromatic heterocycles. The maximum absolute atomic E-state index is 13.5. The number of ether oxygens (including phenoxy) is 1. The Hall–Kier alpha value is -3.61. The maximum atomic E-state index is 13.5. The van der Waals surface area contributed by atoms with Crippen LogP contribution in [0.4, 0.5) is 0 Å². The van der Waals surface area contributed by atoms with Crippen LogP contribution in [0.3, 0.4) is 0 Å². The average Bonchev–Trinajstić information content (AvgIpc) is 3.12. The highest BCUT2D eigenvalue weighted by atomic mass is 35.5. The number of β-amino-alcohol motifs (C(OH)–C–C–N with tert-alkyl or cyclic N) is 1. The number of benzene rings is 3. The number of fused-ring (bicyclic) bond motifs is 2. The van der Waals surface area contributed by atoms with Crippen LogP contribution in [0.25, 0.3) is 11.0 Å². The molecule has 0 saturated carbocycles. The first kappa shape index (κ1) is 21.2. The van der Waals surface area contributed by atoms with Crippen LogP contribution in [-0.4, -0.2) is 29.6 Å². The first-order valence-corrected chi connectivity index (χ1v) is 10.8. The van der Waals surface area contributed by atoms with Crippen molar-refractivity contribution in [2.24, 2.45) is 0 Å². The highest BCUT2D eigenvalue weighted by Crippen LogP contribution is 2.39. The first-order valence-electron chi connectivity index (χ1n) is 10.4. The molecule has 0 aliphatic carbocycles. The number of hydrogen-bond acceptors (Lipinski definition) is 5. The Morgan fingerprint density at radius 3 is 2.48 bits per heavy atom. The lowest BCUT2D eigenvalue weighted by molar-refractivity contribution is 0.0583. The van der Waals surface area contributed by atoms with Crippen LogP contribution >= 0.6 is 11.6 Å². The molecule has 0 bridgehead atoms. The molecule has 0 unspecified atom stereocenters. The van der Waals surface area contributed by atoms with E-state index in [0.29, 0.717) is 27.3 Å². The zero-order valence-electron chi connectivity index (χ0n) is 17.7. The Labute approximate surface area is 194 Å². The Kier molecular flexibility index (Phi) is 5.40. The predicted octanol–water partition coefficient (Wildman–Crippen LogP) is 4.73.